The molecule has 0 aliphatic carbocycles. The Morgan fingerprint density at radius 2 is 2.14 bits per heavy atom. The third-order valence-corrected chi connectivity index (χ3v) is 3.83. The lowest BCUT2D eigenvalue weighted by molar-refractivity contribution is 0.357. The van der Waals surface area contributed by atoms with Gasteiger partial charge in [0.15, 0.2) is 11.6 Å². The minimum Gasteiger partial charge on any atom is -0.327 e. The average molecular weight is 327 g/mol. The fraction of sp³-hybridized carbons (Fsp3) is 0.500. The van der Waals surface area contributed by atoms with Crippen molar-refractivity contribution < 1.29 is 0 Å². The topological polar surface area (TPSA) is 63.6 Å². The molecule has 7 heteroatoms. The maximum Gasteiger partial charge on any atom is 0.266 e. The van der Waals surface area contributed by atoms with E-state index in [1.54, 1.807) is 24.0 Å². The van der Waals surface area contributed by atoms with E-state index in [0.29, 0.717) is 0 Å². The molecule has 0 saturated heterocycles. The van der Waals surface area contributed by atoms with E-state index >= 15 is 0 Å². The van der Waals surface area contributed by atoms with Crippen molar-refractivity contribution in [2.75, 3.05) is 12.0 Å². The molecule has 114 valence electrons. The summed E-state index contributed by atoms with van der Waals surface area (Å²) >= 11 is 7.68. The number of aromatic amines is 1. The molecule has 5 nitrogen and oxygen atoms in total. The molecule has 21 heavy (non-hydrogen) atoms. The molecule has 0 atom stereocenters. The van der Waals surface area contributed by atoms with Crippen LogP contribution in [0.5, 0.6) is 0 Å². The molecule has 0 aromatic carbocycles. The summed E-state index contributed by atoms with van der Waals surface area (Å²) < 4.78 is 1.88. The number of rotatable bonds is 4. The van der Waals surface area contributed by atoms with Crippen LogP contribution in [0, 0.1) is 0 Å². The number of hydrogen-bond donors (Lipinski definition) is 1. The standard InChI is InChI=1S/C14H19ClN4OS/c1-14(2,3)19-12(17-11(18-19)5-6-21-4)9-7-10(15)13(20)16-8-9/h7-8H,5-6H2,1-4H3,(H,16,20). The third-order valence-electron chi connectivity index (χ3n) is 2.93. The number of hydrogen-bond acceptors (Lipinski definition) is 4. The number of nitrogens with one attached hydrogen (secondary N) is 1. The van der Waals surface area contributed by atoms with Crippen LogP contribution in [0.25, 0.3) is 11.4 Å². The first-order valence-corrected chi connectivity index (χ1v) is 8.44. The van der Waals surface area contributed by atoms with Crippen LogP contribution in [0.3, 0.4) is 0 Å². The van der Waals surface area contributed by atoms with Crippen molar-refractivity contribution in [1.29, 1.82) is 0 Å². The van der Waals surface area contributed by atoms with Gasteiger partial charge < -0.3 is 4.98 Å². The van der Waals surface area contributed by atoms with Crippen molar-refractivity contribution >= 4 is 23.4 Å². The van der Waals surface area contributed by atoms with Gasteiger partial charge in [-0.25, -0.2) is 9.67 Å². The van der Waals surface area contributed by atoms with Crippen LogP contribution in [0.2, 0.25) is 5.02 Å². The minimum atomic E-state index is -0.301. The zero-order valence-corrected chi connectivity index (χ0v) is 14.2. The van der Waals surface area contributed by atoms with Crippen molar-refractivity contribution in [2.45, 2.75) is 32.7 Å². The zero-order chi connectivity index (χ0) is 15.6. The molecule has 0 aliphatic rings. The smallest absolute Gasteiger partial charge is 0.266 e. The lowest BCUT2D eigenvalue weighted by Crippen LogP contribution is -2.24. The van der Waals surface area contributed by atoms with Crippen LogP contribution < -0.4 is 5.56 Å². The Hall–Kier alpha value is -1.27. The van der Waals surface area contributed by atoms with E-state index in [4.69, 9.17) is 11.6 Å². The molecule has 0 bridgehead atoms. The molecule has 1 N–H and O–H groups in total. The second-order valence-electron chi connectivity index (χ2n) is 5.74. The fourth-order valence-electron chi connectivity index (χ4n) is 1.89. The summed E-state index contributed by atoms with van der Waals surface area (Å²) in [4.78, 5) is 18.6. The van der Waals surface area contributed by atoms with Crippen molar-refractivity contribution in [3.8, 4) is 11.4 Å². The molecule has 0 saturated carbocycles. The highest BCUT2D eigenvalue weighted by molar-refractivity contribution is 7.98. The molecule has 0 radical (unpaired) electrons. The Kier molecular flexibility index (Phi) is 4.78. The maximum atomic E-state index is 11.4. The summed E-state index contributed by atoms with van der Waals surface area (Å²) in [5.41, 5.74) is 0.255. The van der Waals surface area contributed by atoms with Gasteiger partial charge in [0.1, 0.15) is 5.02 Å². The first-order chi connectivity index (χ1) is 9.82. The van der Waals surface area contributed by atoms with Gasteiger partial charge in [0.25, 0.3) is 5.56 Å². The summed E-state index contributed by atoms with van der Waals surface area (Å²) in [6.45, 7) is 6.20. The molecule has 2 heterocycles. The molecule has 0 fully saturated rings. The van der Waals surface area contributed by atoms with Crippen LogP contribution >= 0.6 is 23.4 Å². The summed E-state index contributed by atoms with van der Waals surface area (Å²) in [6.07, 6.45) is 4.50. The van der Waals surface area contributed by atoms with E-state index in [2.05, 4.69) is 42.1 Å². The second-order valence-corrected chi connectivity index (χ2v) is 7.14. The van der Waals surface area contributed by atoms with Crippen LogP contribution in [-0.4, -0.2) is 31.8 Å². The van der Waals surface area contributed by atoms with Crippen LogP contribution in [0.4, 0.5) is 0 Å². The minimum absolute atomic E-state index is 0.154. The predicted molar refractivity (Wildman–Crippen MR) is 88.2 cm³/mol. The molecular formula is C14H19ClN4OS. The Balaban J connectivity index is 2.52. The van der Waals surface area contributed by atoms with Gasteiger partial charge in [-0.1, -0.05) is 11.6 Å². The van der Waals surface area contributed by atoms with Gasteiger partial charge in [0.2, 0.25) is 0 Å². The summed E-state index contributed by atoms with van der Waals surface area (Å²) in [7, 11) is 0. The number of pyridine rings is 1. The van der Waals surface area contributed by atoms with Crippen molar-refractivity contribution in [2.24, 2.45) is 0 Å². The molecular weight excluding hydrogens is 308 g/mol. The molecule has 0 amide bonds. The molecule has 2 aromatic rings. The second kappa shape index (κ2) is 6.23. The van der Waals surface area contributed by atoms with E-state index in [1.807, 2.05) is 4.68 Å². The molecule has 2 rings (SSSR count). The van der Waals surface area contributed by atoms with E-state index in [-0.39, 0.29) is 16.1 Å². The molecule has 0 unspecified atom stereocenters. The van der Waals surface area contributed by atoms with Gasteiger partial charge in [0.05, 0.1) is 5.54 Å². The normalized spacial score (nSPS) is 11.9. The monoisotopic (exact) mass is 326 g/mol. The lowest BCUT2D eigenvalue weighted by atomic mass is 10.1. The van der Waals surface area contributed by atoms with Gasteiger partial charge in [-0.3, -0.25) is 4.79 Å². The van der Waals surface area contributed by atoms with E-state index in [0.717, 1.165) is 29.4 Å². The maximum absolute atomic E-state index is 11.4. The first-order valence-electron chi connectivity index (χ1n) is 6.67. The Bertz CT molecular complexity index is 687. The number of H-pyrrole nitrogens is 1. The van der Waals surface area contributed by atoms with Crippen molar-refractivity contribution in [1.82, 2.24) is 19.7 Å². The number of aromatic nitrogens is 4. The molecule has 2 aromatic heterocycles. The average Bonchev–Trinajstić information content (AvgIpc) is 2.84. The summed E-state index contributed by atoms with van der Waals surface area (Å²) in [5, 5.41) is 4.76. The van der Waals surface area contributed by atoms with E-state index < -0.39 is 0 Å². The van der Waals surface area contributed by atoms with Gasteiger partial charge in [-0.2, -0.15) is 16.9 Å². The van der Waals surface area contributed by atoms with Gasteiger partial charge in [-0.15, -0.1) is 0 Å². The molecule has 0 aliphatic heterocycles. The summed E-state index contributed by atoms with van der Waals surface area (Å²) in [6, 6.07) is 1.63. The lowest BCUT2D eigenvalue weighted by Gasteiger charge is -2.21. The largest absolute Gasteiger partial charge is 0.327 e. The highest BCUT2D eigenvalue weighted by Crippen LogP contribution is 2.24. The van der Waals surface area contributed by atoms with E-state index in [1.165, 1.54) is 0 Å². The predicted octanol–water partition coefficient (Wildman–Crippen LogP) is 2.95. The first kappa shape index (κ1) is 16.1. The Morgan fingerprint density at radius 1 is 1.43 bits per heavy atom. The highest BCUT2D eigenvalue weighted by Gasteiger charge is 2.22. The van der Waals surface area contributed by atoms with Crippen molar-refractivity contribution in [3.63, 3.8) is 0 Å². The number of nitrogens with zero attached hydrogens (tertiary/aromatic N) is 3. The van der Waals surface area contributed by atoms with Crippen LogP contribution in [-0.2, 0) is 12.0 Å². The van der Waals surface area contributed by atoms with Gasteiger partial charge >= 0.3 is 0 Å². The number of halogens is 1. The van der Waals surface area contributed by atoms with Gasteiger partial charge in [-0.05, 0) is 33.1 Å². The van der Waals surface area contributed by atoms with Crippen molar-refractivity contribution in [3.05, 3.63) is 33.5 Å². The van der Waals surface area contributed by atoms with Crippen LogP contribution in [0.1, 0.15) is 26.6 Å². The fourth-order valence-corrected chi connectivity index (χ4v) is 2.45. The highest BCUT2D eigenvalue weighted by atomic mass is 35.5. The van der Waals surface area contributed by atoms with Crippen LogP contribution in [0.15, 0.2) is 17.1 Å². The third kappa shape index (κ3) is 3.68. The number of aryl methyl sites for hydroxylation is 1. The summed E-state index contributed by atoms with van der Waals surface area (Å²) in [5.74, 6) is 2.49. The quantitative estimate of drug-likeness (QED) is 0.938. The number of thioether (sulfide) groups is 1. The Morgan fingerprint density at radius 3 is 2.71 bits per heavy atom. The SMILES string of the molecule is CSCCc1nc(-c2c[nH]c(=O)c(Cl)c2)n(C(C)(C)C)n1. The van der Waals surface area contributed by atoms with E-state index in [9.17, 15) is 4.79 Å². The Labute approximate surface area is 133 Å². The van der Waals surface area contributed by atoms with Gasteiger partial charge in [0, 0.05) is 23.9 Å². The molecule has 0 spiro atoms. The zero-order valence-electron chi connectivity index (χ0n) is 12.6.